The van der Waals surface area contributed by atoms with Crippen LogP contribution in [0.5, 0.6) is 5.75 Å². The molecule has 22 heavy (non-hydrogen) atoms. The van der Waals surface area contributed by atoms with Gasteiger partial charge in [-0.25, -0.2) is 0 Å². The molecule has 0 aliphatic carbocycles. The first-order valence-electron chi connectivity index (χ1n) is 6.81. The van der Waals surface area contributed by atoms with E-state index in [0.717, 1.165) is 5.56 Å². The van der Waals surface area contributed by atoms with Gasteiger partial charge in [0, 0.05) is 17.1 Å². The van der Waals surface area contributed by atoms with Gasteiger partial charge in [0.15, 0.2) is 0 Å². The molecule has 0 aliphatic rings. The second-order valence-corrected chi connectivity index (χ2v) is 5.04. The van der Waals surface area contributed by atoms with Gasteiger partial charge in [0.05, 0.1) is 12.5 Å². The lowest BCUT2D eigenvalue weighted by molar-refractivity contribution is 0.0954. The molecular formula is C17H15ClN2O2. The standard InChI is InChI=1S/C17H15ClN2O2/c18-15-7-5-13(6-8-15)12-22-16-4-1-3-14(11-16)17(21)20-10-2-9-19/h1,3-8,11H,2,10,12H2,(H,20,21). The molecule has 0 fully saturated rings. The van der Waals surface area contributed by atoms with Gasteiger partial charge < -0.3 is 10.1 Å². The molecule has 0 atom stereocenters. The van der Waals surface area contributed by atoms with Crippen molar-refractivity contribution in [3.8, 4) is 11.8 Å². The van der Waals surface area contributed by atoms with E-state index in [1.54, 1.807) is 36.4 Å². The highest BCUT2D eigenvalue weighted by Crippen LogP contribution is 2.16. The fourth-order valence-corrected chi connectivity index (χ4v) is 1.93. The maximum Gasteiger partial charge on any atom is 0.251 e. The summed E-state index contributed by atoms with van der Waals surface area (Å²) in [7, 11) is 0. The minimum Gasteiger partial charge on any atom is -0.489 e. The topological polar surface area (TPSA) is 62.1 Å². The Bertz CT molecular complexity index is 678. The van der Waals surface area contributed by atoms with Crippen LogP contribution in [0.3, 0.4) is 0 Å². The molecule has 2 rings (SSSR count). The molecule has 0 aliphatic heterocycles. The van der Waals surface area contributed by atoms with E-state index in [2.05, 4.69) is 5.32 Å². The molecule has 4 nitrogen and oxygen atoms in total. The zero-order valence-electron chi connectivity index (χ0n) is 11.9. The summed E-state index contributed by atoms with van der Waals surface area (Å²) in [6.45, 7) is 0.738. The third-order valence-electron chi connectivity index (χ3n) is 2.94. The van der Waals surface area contributed by atoms with Gasteiger partial charge in [-0.15, -0.1) is 0 Å². The van der Waals surface area contributed by atoms with E-state index in [4.69, 9.17) is 21.6 Å². The summed E-state index contributed by atoms with van der Waals surface area (Å²) in [4.78, 5) is 11.9. The SMILES string of the molecule is N#CCCNC(=O)c1cccc(OCc2ccc(Cl)cc2)c1. The van der Waals surface area contributed by atoms with Crippen LogP contribution < -0.4 is 10.1 Å². The Balaban J connectivity index is 1.95. The summed E-state index contributed by atoms with van der Waals surface area (Å²) in [6, 6.07) is 16.3. The molecule has 0 saturated heterocycles. The molecule has 0 bridgehead atoms. The molecule has 0 aromatic heterocycles. The molecule has 0 unspecified atom stereocenters. The van der Waals surface area contributed by atoms with Gasteiger partial charge in [-0.1, -0.05) is 29.8 Å². The van der Waals surface area contributed by atoms with Gasteiger partial charge in [-0.3, -0.25) is 4.79 Å². The van der Waals surface area contributed by atoms with Crippen molar-refractivity contribution in [2.45, 2.75) is 13.0 Å². The van der Waals surface area contributed by atoms with Crippen LogP contribution in [0.25, 0.3) is 0 Å². The second-order valence-electron chi connectivity index (χ2n) is 4.61. The molecule has 0 saturated carbocycles. The Morgan fingerprint density at radius 3 is 2.73 bits per heavy atom. The summed E-state index contributed by atoms with van der Waals surface area (Å²) in [5, 5.41) is 11.8. The fourth-order valence-electron chi connectivity index (χ4n) is 1.81. The van der Waals surface area contributed by atoms with Crippen LogP contribution in [-0.2, 0) is 6.61 Å². The Morgan fingerprint density at radius 1 is 1.23 bits per heavy atom. The van der Waals surface area contributed by atoms with Crippen molar-refractivity contribution in [1.29, 1.82) is 5.26 Å². The van der Waals surface area contributed by atoms with E-state index in [1.165, 1.54) is 0 Å². The number of hydrogen-bond acceptors (Lipinski definition) is 3. The molecule has 2 aromatic carbocycles. The van der Waals surface area contributed by atoms with Gasteiger partial charge >= 0.3 is 0 Å². The molecule has 0 spiro atoms. The van der Waals surface area contributed by atoms with Gasteiger partial charge in [0.2, 0.25) is 0 Å². The van der Waals surface area contributed by atoms with E-state index in [1.807, 2.05) is 18.2 Å². The van der Waals surface area contributed by atoms with Gasteiger partial charge in [0.25, 0.3) is 5.91 Å². The number of rotatable bonds is 6. The second kappa shape index (κ2) is 8.06. The first kappa shape index (κ1) is 15.9. The summed E-state index contributed by atoms with van der Waals surface area (Å²) in [5.74, 6) is 0.398. The quantitative estimate of drug-likeness (QED) is 0.829. The van der Waals surface area contributed by atoms with Gasteiger partial charge in [0.1, 0.15) is 12.4 Å². The number of nitrogens with one attached hydrogen (secondary N) is 1. The van der Waals surface area contributed by atoms with Crippen LogP contribution in [-0.4, -0.2) is 12.5 Å². The van der Waals surface area contributed by atoms with Crippen LogP contribution >= 0.6 is 11.6 Å². The maximum atomic E-state index is 11.9. The minimum absolute atomic E-state index is 0.216. The van der Waals surface area contributed by atoms with Gasteiger partial charge in [-0.05, 0) is 35.9 Å². The summed E-state index contributed by atoms with van der Waals surface area (Å²) < 4.78 is 5.67. The van der Waals surface area contributed by atoms with E-state index in [9.17, 15) is 4.79 Å². The molecule has 2 aromatic rings. The number of benzene rings is 2. The summed E-state index contributed by atoms with van der Waals surface area (Å²) >= 11 is 5.83. The molecular weight excluding hydrogens is 300 g/mol. The van der Waals surface area contributed by atoms with Crippen molar-refractivity contribution in [2.24, 2.45) is 0 Å². The number of hydrogen-bond donors (Lipinski definition) is 1. The van der Waals surface area contributed by atoms with Crippen molar-refractivity contribution in [1.82, 2.24) is 5.32 Å². The predicted octanol–water partition coefficient (Wildman–Crippen LogP) is 3.56. The highest BCUT2D eigenvalue weighted by atomic mass is 35.5. The number of carbonyl (C=O) groups excluding carboxylic acids is 1. The van der Waals surface area contributed by atoms with Crippen LogP contribution in [0.1, 0.15) is 22.3 Å². The largest absolute Gasteiger partial charge is 0.489 e. The molecule has 0 radical (unpaired) electrons. The zero-order chi connectivity index (χ0) is 15.8. The van der Waals surface area contributed by atoms with Crippen LogP contribution in [0, 0.1) is 11.3 Å². The zero-order valence-corrected chi connectivity index (χ0v) is 12.6. The lowest BCUT2D eigenvalue weighted by Crippen LogP contribution is -2.24. The fraction of sp³-hybridized carbons (Fsp3) is 0.176. The molecule has 0 heterocycles. The van der Waals surface area contributed by atoms with E-state index >= 15 is 0 Å². The van der Waals surface area contributed by atoms with Crippen LogP contribution in [0.4, 0.5) is 0 Å². The Kier molecular flexibility index (Phi) is 5.81. The monoisotopic (exact) mass is 314 g/mol. The maximum absolute atomic E-state index is 11.9. The molecule has 5 heteroatoms. The summed E-state index contributed by atoms with van der Waals surface area (Å²) in [5.41, 5.74) is 1.50. The smallest absolute Gasteiger partial charge is 0.251 e. The molecule has 1 amide bonds. The highest BCUT2D eigenvalue weighted by Gasteiger charge is 2.06. The lowest BCUT2D eigenvalue weighted by Gasteiger charge is -2.08. The van der Waals surface area contributed by atoms with E-state index in [-0.39, 0.29) is 5.91 Å². The Hall–Kier alpha value is -2.51. The molecule has 1 N–H and O–H groups in total. The summed E-state index contributed by atoms with van der Waals surface area (Å²) in [6.07, 6.45) is 0.290. The third kappa shape index (κ3) is 4.80. The van der Waals surface area contributed by atoms with Crippen molar-refractivity contribution in [2.75, 3.05) is 6.54 Å². The third-order valence-corrected chi connectivity index (χ3v) is 3.19. The van der Waals surface area contributed by atoms with Crippen LogP contribution in [0.2, 0.25) is 5.02 Å². The van der Waals surface area contributed by atoms with Crippen molar-refractivity contribution < 1.29 is 9.53 Å². The van der Waals surface area contributed by atoms with E-state index < -0.39 is 0 Å². The van der Waals surface area contributed by atoms with E-state index in [0.29, 0.717) is 35.9 Å². The Labute approximate surface area is 134 Å². The Morgan fingerprint density at radius 2 is 2.00 bits per heavy atom. The number of nitriles is 1. The number of amides is 1. The number of halogens is 1. The number of carbonyl (C=O) groups is 1. The molecule has 112 valence electrons. The van der Waals surface area contributed by atoms with Crippen molar-refractivity contribution in [3.63, 3.8) is 0 Å². The van der Waals surface area contributed by atoms with Crippen molar-refractivity contribution >= 4 is 17.5 Å². The normalized spacial score (nSPS) is 9.82. The number of nitrogens with zero attached hydrogens (tertiary/aromatic N) is 1. The number of ether oxygens (including phenoxy) is 1. The average molecular weight is 315 g/mol. The van der Waals surface area contributed by atoms with Crippen molar-refractivity contribution in [3.05, 3.63) is 64.7 Å². The average Bonchev–Trinajstić information content (AvgIpc) is 2.55. The van der Waals surface area contributed by atoms with Gasteiger partial charge in [-0.2, -0.15) is 5.26 Å². The lowest BCUT2D eigenvalue weighted by atomic mass is 10.2. The predicted molar refractivity (Wildman–Crippen MR) is 84.8 cm³/mol. The first-order valence-corrected chi connectivity index (χ1v) is 7.19. The highest BCUT2D eigenvalue weighted by molar-refractivity contribution is 6.30. The first-order chi connectivity index (χ1) is 10.7. The van der Waals surface area contributed by atoms with Crippen LogP contribution in [0.15, 0.2) is 48.5 Å². The minimum atomic E-state index is -0.216.